The number of hydrogen-bond acceptors (Lipinski definition) is 5. The van der Waals surface area contributed by atoms with Crippen LogP contribution < -0.4 is 0 Å². The lowest BCUT2D eigenvalue weighted by Gasteiger charge is -2.03. The number of carbonyl (C=O) groups is 1. The van der Waals surface area contributed by atoms with E-state index in [1.165, 1.54) is 18.4 Å². The van der Waals surface area contributed by atoms with Crippen LogP contribution in [-0.4, -0.2) is 29.8 Å². The second-order valence-electron chi connectivity index (χ2n) is 3.57. The van der Waals surface area contributed by atoms with Gasteiger partial charge in [-0.15, -0.1) is 11.3 Å². The van der Waals surface area contributed by atoms with Gasteiger partial charge in [-0.1, -0.05) is 0 Å². The van der Waals surface area contributed by atoms with E-state index in [9.17, 15) is 4.79 Å². The molecule has 16 heavy (non-hydrogen) atoms. The quantitative estimate of drug-likeness (QED) is 0.873. The molecular weight excluding hydrogens is 230 g/mol. The summed E-state index contributed by atoms with van der Waals surface area (Å²) in [7, 11) is 1.52. The SMILES string of the molecule is COCc1nc(C2CCCO2)sc1C(=O)O. The Labute approximate surface area is 97.0 Å². The van der Waals surface area contributed by atoms with Crippen molar-refractivity contribution in [3.8, 4) is 0 Å². The molecule has 1 aromatic rings. The minimum Gasteiger partial charge on any atom is -0.477 e. The van der Waals surface area contributed by atoms with Gasteiger partial charge in [0.2, 0.25) is 0 Å². The fourth-order valence-corrected chi connectivity index (χ4v) is 2.67. The smallest absolute Gasteiger partial charge is 0.347 e. The molecule has 88 valence electrons. The molecule has 2 rings (SSSR count). The number of nitrogens with zero attached hydrogens (tertiary/aromatic N) is 1. The van der Waals surface area contributed by atoms with Crippen LogP contribution in [0.15, 0.2) is 0 Å². The van der Waals surface area contributed by atoms with E-state index in [1.807, 2.05) is 0 Å². The maximum Gasteiger partial charge on any atom is 0.347 e. The van der Waals surface area contributed by atoms with Crippen LogP contribution in [0.5, 0.6) is 0 Å². The fraction of sp³-hybridized carbons (Fsp3) is 0.600. The summed E-state index contributed by atoms with van der Waals surface area (Å²) < 4.78 is 10.4. The van der Waals surface area contributed by atoms with Crippen LogP contribution >= 0.6 is 11.3 Å². The molecule has 0 aliphatic carbocycles. The van der Waals surface area contributed by atoms with Gasteiger partial charge in [-0.2, -0.15) is 0 Å². The Hall–Kier alpha value is -0.980. The minimum atomic E-state index is -0.950. The normalized spacial score (nSPS) is 20.2. The van der Waals surface area contributed by atoms with E-state index < -0.39 is 5.97 Å². The molecule has 5 nitrogen and oxygen atoms in total. The Morgan fingerprint density at radius 2 is 2.56 bits per heavy atom. The number of thiazole rings is 1. The van der Waals surface area contributed by atoms with Crippen molar-refractivity contribution in [2.45, 2.75) is 25.6 Å². The zero-order chi connectivity index (χ0) is 11.5. The molecule has 1 atom stereocenters. The van der Waals surface area contributed by atoms with E-state index in [1.54, 1.807) is 0 Å². The predicted molar refractivity (Wildman–Crippen MR) is 57.7 cm³/mol. The third-order valence-electron chi connectivity index (χ3n) is 2.39. The third-order valence-corrected chi connectivity index (χ3v) is 3.57. The molecule has 0 saturated carbocycles. The van der Waals surface area contributed by atoms with Gasteiger partial charge in [-0.3, -0.25) is 0 Å². The van der Waals surface area contributed by atoms with Crippen LogP contribution in [0.25, 0.3) is 0 Å². The lowest BCUT2D eigenvalue weighted by molar-refractivity contribution is 0.0697. The number of hydrogen-bond donors (Lipinski definition) is 1. The largest absolute Gasteiger partial charge is 0.477 e. The molecule has 6 heteroatoms. The Balaban J connectivity index is 2.26. The molecule has 0 bridgehead atoms. The van der Waals surface area contributed by atoms with E-state index in [4.69, 9.17) is 14.6 Å². The van der Waals surface area contributed by atoms with E-state index in [0.717, 1.165) is 24.5 Å². The lowest BCUT2D eigenvalue weighted by Crippen LogP contribution is -2.00. The highest BCUT2D eigenvalue weighted by molar-refractivity contribution is 7.13. The predicted octanol–water partition coefficient (Wildman–Crippen LogP) is 1.84. The number of aromatic carboxylic acids is 1. The zero-order valence-corrected chi connectivity index (χ0v) is 9.75. The van der Waals surface area contributed by atoms with Gasteiger partial charge in [0.25, 0.3) is 0 Å². The Morgan fingerprint density at radius 3 is 3.12 bits per heavy atom. The van der Waals surface area contributed by atoms with E-state index in [2.05, 4.69) is 4.98 Å². The molecule has 1 unspecified atom stereocenters. The van der Waals surface area contributed by atoms with Crippen molar-refractivity contribution in [3.05, 3.63) is 15.6 Å². The topological polar surface area (TPSA) is 68.7 Å². The van der Waals surface area contributed by atoms with Gasteiger partial charge < -0.3 is 14.6 Å². The summed E-state index contributed by atoms with van der Waals surface area (Å²) in [5.74, 6) is -0.950. The molecule has 0 radical (unpaired) electrons. The van der Waals surface area contributed by atoms with Crippen LogP contribution in [-0.2, 0) is 16.1 Å². The molecule has 1 aromatic heterocycles. The van der Waals surface area contributed by atoms with E-state index in [0.29, 0.717) is 5.69 Å². The second-order valence-corrected chi connectivity index (χ2v) is 4.60. The van der Waals surface area contributed by atoms with Gasteiger partial charge in [-0.25, -0.2) is 9.78 Å². The zero-order valence-electron chi connectivity index (χ0n) is 8.93. The summed E-state index contributed by atoms with van der Waals surface area (Å²) in [5.41, 5.74) is 0.491. The van der Waals surface area contributed by atoms with Crippen LogP contribution in [0.3, 0.4) is 0 Å². The number of methoxy groups -OCH3 is 1. The molecule has 0 spiro atoms. The van der Waals surface area contributed by atoms with Crippen LogP contribution in [0.4, 0.5) is 0 Å². The molecule has 0 amide bonds. The van der Waals surface area contributed by atoms with Crippen molar-refractivity contribution < 1.29 is 19.4 Å². The van der Waals surface area contributed by atoms with Gasteiger partial charge in [0, 0.05) is 13.7 Å². The maximum atomic E-state index is 11.0. The maximum absolute atomic E-state index is 11.0. The standard InChI is InChI=1S/C10H13NO4S/c1-14-5-6-8(10(12)13)16-9(11-6)7-3-2-4-15-7/h7H,2-5H2,1H3,(H,12,13). The summed E-state index contributed by atoms with van der Waals surface area (Å²) in [4.78, 5) is 15.5. The molecular formula is C10H13NO4S. The highest BCUT2D eigenvalue weighted by Gasteiger charge is 2.25. The first-order valence-electron chi connectivity index (χ1n) is 5.05. The van der Waals surface area contributed by atoms with Crippen LogP contribution in [0, 0.1) is 0 Å². The van der Waals surface area contributed by atoms with Gasteiger partial charge in [0.05, 0.1) is 12.3 Å². The summed E-state index contributed by atoms with van der Waals surface area (Å²) in [5, 5.41) is 9.77. The summed E-state index contributed by atoms with van der Waals surface area (Å²) in [6, 6.07) is 0. The number of rotatable bonds is 4. The summed E-state index contributed by atoms with van der Waals surface area (Å²) >= 11 is 1.19. The van der Waals surface area contributed by atoms with Gasteiger partial charge in [0.1, 0.15) is 16.0 Å². The molecule has 1 fully saturated rings. The summed E-state index contributed by atoms with van der Waals surface area (Å²) in [6.07, 6.45) is 1.89. The van der Waals surface area contributed by atoms with Crippen LogP contribution in [0.2, 0.25) is 0 Å². The van der Waals surface area contributed by atoms with Crippen LogP contribution in [0.1, 0.15) is 39.3 Å². The molecule has 1 aliphatic rings. The molecule has 1 saturated heterocycles. The number of carboxylic acids is 1. The highest BCUT2D eigenvalue weighted by atomic mass is 32.1. The van der Waals surface area contributed by atoms with Gasteiger partial charge in [-0.05, 0) is 12.8 Å². The number of ether oxygens (including phenoxy) is 2. The van der Waals surface area contributed by atoms with Crippen molar-refractivity contribution in [2.24, 2.45) is 0 Å². The molecule has 0 aromatic carbocycles. The van der Waals surface area contributed by atoms with Gasteiger partial charge in [0.15, 0.2) is 0 Å². The minimum absolute atomic E-state index is 0.0336. The van der Waals surface area contributed by atoms with Crippen molar-refractivity contribution in [1.82, 2.24) is 4.98 Å². The fourth-order valence-electron chi connectivity index (χ4n) is 1.68. The second kappa shape index (κ2) is 4.90. The third kappa shape index (κ3) is 2.23. The lowest BCUT2D eigenvalue weighted by atomic mass is 10.2. The molecule has 1 N–H and O–H groups in total. The van der Waals surface area contributed by atoms with Gasteiger partial charge >= 0.3 is 5.97 Å². The highest BCUT2D eigenvalue weighted by Crippen LogP contribution is 2.33. The average molecular weight is 243 g/mol. The van der Waals surface area contributed by atoms with Crippen molar-refractivity contribution >= 4 is 17.3 Å². The first-order valence-corrected chi connectivity index (χ1v) is 5.87. The van der Waals surface area contributed by atoms with Crippen molar-refractivity contribution in [3.63, 3.8) is 0 Å². The van der Waals surface area contributed by atoms with E-state index in [-0.39, 0.29) is 17.6 Å². The average Bonchev–Trinajstić information content (AvgIpc) is 2.83. The molecule has 1 aliphatic heterocycles. The Morgan fingerprint density at radius 1 is 1.75 bits per heavy atom. The Kier molecular flexibility index (Phi) is 3.52. The van der Waals surface area contributed by atoms with E-state index >= 15 is 0 Å². The first-order chi connectivity index (χ1) is 7.72. The monoisotopic (exact) mass is 243 g/mol. The van der Waals surface area contributed by atoms with Crippen molar-refractivity contribution in [1.29, 1.82) is 0 Å². The molecule has 2 heterocycles. The summed E-state index contributed by atoms with van der Waals surface area (Å²) in [6.45, 7) is 0.955. The number of carboxylic acid groups (broad SMARTS) is 1. The van der Waals surface area contributed by atoms with Crippen molar-refractivity contribution in [2.75, 3.05) is 13.7 Å². The number of aromatic nitrogens is 1. The Bertz CT molecular complexity index is 384. The first kappa shape index (κ1) is 11.5.